The third kappa shape index (κ3) is 3.09. The maximum Gasteiger partial charge on any atom is 0.259 e. The molecule has 0 bridgehead atoms. The monoisotopic (exact) mass is 344 g/mol. The lowest BCUT2D eigenvalue weighted by Gasteiger charge is -2.19. The van der Waals surface area contributed by atoms with Gasteiger partial charge in [-0.3, -0.25) is 4.79 Å². The van der Waals surface area contributed by atoms with Crippen molar-refractivity contribution in [3.8, 4) is 5.88 Å². The number of pyridine rings is 1. The number of carbonyl (C=O) groups is 1. The van der Waals surface area contributed by atoms with E-state index in [-0.39, 0.29) is 18.1 Å². The number of nitrogens with zero attached hydrogens (tertiary/aromatic N) is 4. The van der Waals surface area contributed by atoms with Gasteiger partial charge in [0.2, 0.25) is 17.7 Å². The normalized spacial score (nSPS) is 25.2. The SMILES string of the molecule is COc1ncccc1C(=O)N1C[C@@H]2C[C@@H](Cc3nnc(C)o3)O[C@@H]2C1. The quantitative estimate of drug-likeness (QED) is 0.824. The first kappa shape index (κ1) is 16.0. The second-order valence-electron chi connectivity index (χ2n) is 6.48. The summed E-state index contributed by atoms with van der Waals surface area (Å²) in [4.78, 5) is 18.7. The first-order valence-corrected chi connectivity index (χ1v) is 8.36. The van der Waals surface area contributed by atoms with Crippen LogP contribution < -0.4 is 4.74 Å². The summed E-state index contributed by atoms with van der Waals surface area (Å²) in [5.41, 5.74) is 0.489. The number of hydrogen-bond acceptors (Lipinski definition) is 7. The molecule has 0 unspecified atom stereocenters. The maximum absolute atomic E-state index is 12.8. The fourth-order valence-electron chi connectivity index (χ4n) is 3.66. The summed E-state index contributed by atoms with van der Waals surface area (Å²) in [5.74, 6) is 1.80. The second kappa shape index (κ2) is 6.44. The van der Waals surface area contributed by atoms with Crippen LogP contribution in [0.3, 0.4) is 0 Å². The van der Waals surface area contributed by atoms with Crippen LogP contribution in [0.1, 0.15) is 28.6 Å². The van der Waals surface area contributed by atoms with Crippen LogP contribution in [0.5, 0.6) is 5.88 Å². The molecule has 2 aromatic heterocycles. The van der Waals surface area contributed by atoms with Crippen molar-refractivity contribution in [3.63, 3.8) is 0 Å². The van der Waals surface area contributed by atoms with Gasteiger partial charge in [-0.25, -0.2) is 4.98 Å². The van der Waals surface area contributed by atoms with E-state index in [4.69, 9.17) is 13.9 Å². The van der Waals surface area contributed by atoms with Gasteiger partial charge in [0.25, 0.3) is 5.91 Å². The number of aromatic nitrogens is 3. The first-order chi connectivity index (χ1) is 12.1. The molecule has 0 saturated carbocycles. The molecule has 0 aromatic carbocycles. The van der Waals surface area contributed by atoms with Crippen molar-refractivity contribution < 1.29 is 18.7 Å². The minimum Gasteiger partial charge on any atom is -0.480 e. The molecule has 0 N–H and O–H groups in total. The number of fused-ring (bicyclic) bond motifs is 1. The number of aryl methyl sites for hydroxylation is 1. The van der Waals surface area contributed by atoms with Crippen molar-refractivity contribution in [1.29, 1.82) is 0 Å². The van der Waals surface area contributed by atoms with Crippen LogP contribution in [0.4, 0.5) is 0 Å². The van der Waals surface area contributed by atoms with Crippen molar-refractivity contribution >= 4 is 5.91 Å². The highest BCUT2D eigenvalue weighted by Gasteiger charge is 2.44. The van der Waals surface area contributed by atoms with Crippen LogP contribution in [-0.2, 0) is 11.2 Å². The lowest BCUT2D eigenvalue weighted by Crippen LogP contribution is -2.32. The van der Waals surface area contributed by atoms with Gasteiger partial charge < -0.3 is 18.8 Å². The zero-order valence-corrected chi connectivity index (χ0v) is 14.2. The summed E-state index contributed by atoms with van der Waals surface area (Å²) >= 11 is 0. The van der Waals surface area contributed by atoms with Gasteiger partial charge in [0, 0.05) is 32.1 Å². The van der Waals surface area contributed by atoms with Gasteiger partial charge in [0.15, 0.2) is 0 Å². The van der Waals surface area contributed by atoms with Crippen molar-refractivity contribution in [2.24, 2.45) is 5.92 Å². The van der Waals surface area contributed by atoms with E-state index < -0.39 is 0 Å². The number of carbonyl (C=O) groups excluding carboxylic acids is 1. The van der Waals surface area contributed by atoms with E-state index in [1.807, 2.05) is 4.90 Å². The average Bonchev–Trinajstić information content (AvgIpc) is 3.29. The molecule has 8 nitrogen and oxygen atoms in total. The lowest BCUT2D eigenvalue weighted by atomic mass is 10.0. The van der Waals surface area contributed by atoms with Crippen molar-refractivity contribution in [2.75, 3.05) is 20.2 Å². The Bertz CT molecular complexity index is 764. The zero-order valence-electron chi connectivity index (χ0n) is 14.2. The largest absolute Gasteiger partial charge is 0.480 e. The maximum atomic E-state index is 12.8. The molecule has 2 aliphatic heterocycles. The number of ether oxygens (including phenoxy) is 2. The van der Waals surface area contributed by atoms with Crippen LogP contribution in [-0.4, -0.2) is 58.4 Å². The molecule has 2 aliphatic rings. The van der Waals surface area contributed by atoms with Crippen LogP contribution in [0.15, 0.2) is 22.7 Å². The number of likely N-dealkylation sites (tertiary alicyclic amines) is 1. The van der Waals surface area contributed by atoms with Crippen molar-refractivity contribution in [2.45, 2.75) is 32.0 Å². The third-order valence-electron chi connectivity index (χ3n) is 4.77. The highest BCUT2D eigenvalue weighted by Crippen LogP contribution is 2.35. The van der Waals surface area contributed by atoms with Crippen LogP contribution in [0, 0.1) is 12.8 Å². The van der Waals surface area contributed by atoms with E-state index in [1.165, 1.54) is 7.11 Å². The van der Waals surface area contributed by atoms with E-state index in [1.54, 1.807) is 25.3 Å². The van der Waals surface area contributed by atoms with Gasteiger partial charge in [-0.15, -0.1) is 10.2 Å². The Morgan fingerprint density at radius 2 is 2.28 bits per heavy atom. The molecule has 4 heterocycles. The van der Waals surface area contributed by atoms with E-state index in [2.05, 4.69) is 15.2 Å². The van der Waals surface area contributed by atoms with Gasteiger partial charge in [-0.05, 0) is 18.6 Å². The summed E-state index contributed by atoms with van der Waals surface area (Å²) in [7, 11) is 1.52. The Labute approximate surface area is 145 Å². The number of rotatable bonds is 4. The standard InChI is InChI=1S/C17H20N4O4/c1-10-19-20-15(24-10)7-12-6-11-8-21(9-14(11)25-12)17(22)13-4-3-5-18-16(13)23-2/h3-5,11-12,14H,6-9H2,1-2H3/t11-,12-,14+/m0/s1. The minimum atomic E-state index is -0.0629. The lowest BCUT2D eigenvalue weighted by molar-refractivity contribution is 0.0335. The molecule has 2 saturated heterocycles. The van der Waals surface area contributed by atoms with E-state index in [0.717, 1.165) is 6.42 Å². The van der Waals surface area contributed by atoms with Gasteiger partial charge in [-0.1, -0.05) is 0 Å². The van der Waals surface area contributed by atoms with E-state index >= 15 is 0 Å². The Hall–Kier alpha value is -2.48. The molecule has 4 rings (SSSR count). The Balaban J connectivity index is 1.38. The molecular formula is C17H20N4O4. The molecule has 0 spiro atoms. The van der Waals surface area contributed by atoms with E-state index in [0.29, 0.717) is 48.7 Å². The molecule has 0 radical (unpaired) electrons. The number of amides is 1. The van der Waals surface area contributed by atoms with Crippen molar-refractivity contribution in [3.05, 3.63) is 35.7 Å². The topological polar surface area (TPSA) is 90.6 Å². The number of methoxy groups -OCH3 is 1. The van der Waals surface area contributed by atoms with Crippen LogP contribution >= 0.6 is 0 Å². The summed E-state index contributed by atoms with van der Waals surface area (Å²) in [6, 6.07) is 3.48. The predicted molar refractivity (Wildman–Crippen MR) is 86.2 cm³/mol. The van der Waals surface area contributed by atoms with E-state index in [9.17, 15) is 4.79 Å². The van der Waals surface area contributed by atoms with Crippen molar-refractivity contribution in [1.82, 2.24) is 20.1 Å². The Morgan fingerprint density at radius 3 is 3.00 bits per heavy atom. The molecule has 132 valence electrons. The first-order valence-electron chi connectivity index (χ1n) is 8.36. The Kier molecular flexibility index (Phi) is 4.12. The fourth-order valence-corrected chi connectivity index (χ4v) is 3.66. The fraction of sp³-hybridized carbons (Fsp3) is 0.529. The van der Waals surface area contributed by atoms with Gasteiger partial charge in [0.1, 0.15) is 5.56 Å². The molecule has 8 heteroatoms. The molecule has 2 fully saturated rings. The smallest absolute Gasteiger partial charge is 0.259 e. The summed E-state index contributed by atoms with van der Waals surface area (Å²) in [6.07, 6.45) is 3.25. The predicted octanol–water partition coefficient (Wildman–Crippen LogP) is 1.25. The highest BCUT2D eigenvalue weighted by atomic mass is 16.5. The molecule has 2 aromatic rings. The average molecular weight is 344 g/mol. The number of hydrogen-bond donors (Lipinski definition) is 0. The molecular weight excluding hydrogens is 324 g/mol. The zero-order chi connectivity index (χ0) is 17.4. The molecule has 25 heavy (non-hydrogen) atoms. The molecule has 1 amide bonds. The van der Waals surface area contributed by atoms with Crippen LogP contribution in [0.2, 0.25) is 0 Å². The summed E-state index contributed by atoms with van der Waals surface area (Å²) < 4.78 is 16.7. The highest BCUT2D eigenvalue weighted by molar-refractivity contribution is 5.96. The third-order valence-corrected chi connectivity index (χ3v) is 4.77. The second-order valence-corrected chi connectivity index (χ2v) is 6.48. The van der Waals surface area contributed by atoms with Gasteiger partial charge in [0.05, 0.1) is 25.7 Å². The Morgan fingerprint density at radius 1 is 1.40 bits per heavy atom. The van der Waals surface area contributed by atoms with Gasteiger partial charge >= 0.3 is 0 Å². The minimum absolute atomic E-state index is 0.0561. The summed E-state index contributed by atoms with van der Waals surface area (Å²) in [6.45, 7) is 3.04. The van der Waals surface area contributed by atoms with Gasteiger partial charge in [-0.2, -0.15) is 0 Å². The van der Waals surface area contributed by atoms with Crippen LogP contribution in [0.25, 0.3) is 0 Å². The summed E-state index contributed by atoms with van der Waals surface area (Å²) in [5, 5.41) is 7.87. The molecule has 0 aliphatic carbocycles. The molecule has 3 atom stereocenters.